The van der Waals surface area contributed by atoms with Crippen LogP contribution in [0.3, 0.4) is 0 Å². The average molecular weight is 591 g/mol. The molecule has 236 valence electrons. The zero-order valence-corrected chi connectivity index (χ0v) is 26.9. The molecule has 4 aliphatic carbocycles. The van der Waals surface area contributed by atoms with Crippen LogP contribution in [0.1, 0.15) is 104 Å². The zero-order valence-electron chi connectivity index (χ0n) is 26.9. The van der Waals surface area contributed by atoms with Gasteiger partial charge >= 0.3 is 0 Å². The second-order valence-corrected chi connectivity index (χ2v) is 15.3. The third-order valence-electron chi connectivity index (χ3n) is 12.9. The molecule has 0 radical (unpaired) electrons. The molecule has 1 aromatic rings. The topological polar surface area (TPSA) is 80.2 Å². The minimum atomic E-state index is -0.119. The number of nitrogens with zero attached hydrogens (tertiary/aromatic N) is 1. The van der Waals surface area contributed by atoms with Gasteiger partial charge < -0.3 is 20.0 Å². The molecule has 4 fully saturated rings. The van der Waals surface area contributed by atoms with Crippen LogP contribution in [0.15, 0.2) is 47.1 Å². The first-order valence-electron chi connectivity index (χ1n) is 17.2. The van der Waals surface area contributed by atoms with Gasteiger partial charge in [0.05, 0.1) is 17.9 Å². The lowest BCUT2D eigenvalue weighted by Gasteiger charge is -2.57. The molecule has 0 bridgehead atoms. The van der Waals surface area contributed by atoms with Crippen LogP contribution in [0, 0.1) is 34.5 Å². The van der Waals surface area contributed by atoms with E-state index in [0.29, 0.717) is 24.3 Å². The van der Waals surface area contributed by atoms with Crippen molar-refractivity contribution in [2.24, 2.45) is 39.7 Å². The monoisotopic (exact) mass is 590 g/mol. The highest BCUT2D eigenvalue weighted by atomic mass is 16.6. The highest BCUT2D eigenvalue weighted by Gasteiger charge is 2.58. The molecule has 2 N–H and O–H groups in total. The number of rotatable bonds is 8. The first-order chi connectivity index (χ1) is 20.6. The predicted molar refractivity (Wildman–Crippen MR) is 171 cm³/mol. The van der Waals surface area contributed by atoms with Gasteiger partial charge in [0.1, 0.15) is 0 Å². The van der Waals surface area contributed by atoms with E-state index in [0.717, 1.165) is 69.6 Å². The number of allylic oxidation sites excluding steroid dienone is 2. The lowest BCUT2D eigenvalue weighted by atomic mass is 9.47. The van der Waals surface area contributed by atoms with E-state index < -0.39 is 0 Å². The number of benzene rings is 1. The summed E-state index contributed by atoms with van der Waals surface area (Å²) in [6.07, 6.45) is 14.1. The SMILES string of the molecule is CC(C)[C@@H]1C[C@](CCNC(=O)CO/N=C2\C=C3CC[C@H]4[C@@H](CC[C@]5(C)[C@@H](O)CC[C@@H]45)[C@@]3(C)CC2)(c2ccccc2)CCO1. The predicted octanol–water partition coefficient (Wildman–Crippen LogP) is 6.96. The van der Waals surface area contributed by atoms with E-state index in [1.807, 2.05) is 0 Å². The van der Waals surface area contributed by atoms with Crippen LogP contribution < -0.4 is 5.32 Å². The molecule has 3 saturated carbocycles. The number of nitrogens with one attached hydrogen (secondary N) is 1. The van der Waals surface area contributed by atoms with E-state index in [1.165, 1.54) is 30.4 Å². The molecule has 1 aromatic carbocycles. The second-order valence-electron chi connectivity index (χ2n) is 15.3. The lowest BCUT2D eigenvalue weighted by Crippen LogP contribution is -2.51. The molecule has 1 aliphatic heterocycles. The fourth-order valence-corrected chi connectivity index (χ4v) is 10.1. The van der Waals surface area contributed by atoms with Crippen LogP contribution in [0.25, 0.3) is 0 Å². The van der Waals surface area contributed by atoms with Gasteiger partial charge in [-0.25, -0.2) is 0 Å². The maximum atomic E-state index is 12.8. The van der Waals surface area contributed by atoms with Crippen molar-refractivity contribution < 1.29 is 19.5 Å². The molecule has 5 aliphatic rings. The number of amides is 1. The van der Waals surface area contributed by atoms with Crippen molar-refractivity contribution in [1.29, 1.82) is 0 Å². The maximum Gasteiger partial charge on any atom is 0.260 e. The first-order valence-corrected chi connectivity index (χ1v) is 17.2. The largest absolute Gasteiger partial charge is 0.393 e. The Morgan fingerprint density at radius 2 is 1.88 bits per heavy atom. The summed E-state index contributed by atoms with van der Waals surface area (Å²) >= 11 is 0. The lowest BCUT2D eigenvalue weighted by molar-refractivity contribution is -0.125. The molecule has 1 saturated heterocycles. The van der Waals surface area contributed by atoms with E-state index in [-0.39, 0.29) is 41.0 Å². The standard InChI is InChI=1S/C37H54N2O4/c1-25(2)32-23-37(19-21-42-32,26-8-6-5-7-9-26)18-20-38-34(41)24-43-39-28-14-16-35(3)27(22-28)10-11-29-30-12-13-33(40)36(30,4)17-15-31(29)35/h5-9,22,25,29-33,40H,10-21,23-24H2,1-4H3,(H,38,41)/b39-28-/t29-,30+,31-,32+,33+,35+,36+,37-/m1/s1. The van der Waals surface area contributed by atoms with Crippen LogP contribution in [0.5, 0.6) is 0 Å². The van der Waals surface area contributed by atoms with Crippen LogP contribution in [0.2, 0.25) is 0 Å². The van der Waals surface area contributed by atoms with E-state index in [4.69, 9.17) is 9.57 Å². The summed E-state index contributed by atoms with van der Waals surface area (Å²) in [4.78, 5) is 18.4. The van der Waals surface area contributed by atoms with Crippen LogP contribution in [0.4, 0.5) is 0 Å². The summed E-state index contributed by atoms with van der Waals surface area (Å²) in [7, 11) is 0. The van der Waals surface area contributed by atoms with Gasteiger partial charge in [-0.2, -0.15) is 0 Å². The van der Waals surface area contributed by atoms with Crippen molar-refractivity contribution in [2.45, 2.75) is 116 Å². The first kappa shape index (κ1) is 30.8. The summed E-state index contributed by atoms with van der Waals surface area (Å²) in [5.74, 6) is 2.46. The number of aliphatic hydroxyl groups is 1. The molecule has 1 heterocycles. The fraction of sp³-hybridized carbons (Fsp3) is 0.730. The van der Waals surface area contributed by atoms with Crippen molar-refractivity contribution in [3.05, 3.63) is 47.5 Å². The number of carbonyl (C=O) groups excluding carboxylic acids is 1. The van der Waals surface area contributed by atoms with E-state index >= 15 is 0 Å². The minimum Gasteiger partial charge on any atom is -0.393 e. The zero-order chi connectivity index (χ0) is 30.2. The van der Waals surface area contributed by atoms with Gasteiger partial charge in [-0.3, -0.25) is 4.79 Å². The Kier molecular flexibility index (Phi) is 8.83. The second kappa shape index (κ2) is 12.3. The number of hydrogen-bond acceptors (Lipinski definition) is 5. The van der Waals surface area contributed by atoms with Crippen molar-refractivity contribution >= 4 is 11.6 Å². The molecule has 6 rings (SSSR count). The number of hydrogen-bond donors (Lipinski definition) is 2. The number of fused-ring (bicyclic) bond motifs is 5. The van der Waals surface area contributed by atoms with Gasteiger partial charge in [0.25, 0.3) is 5.91 Å². The Morgan fingerprint density at radius 3 is 2.67 bits per heavy atom. The van der Waals surface area contributed by atoms with Crippen LogP contribution >= 0.6 is 0 Å². The molecular weight excluding hydrogens is 536 g/mol. The Bertz CT molecular complexity index is 1210. The van der Waals surface area contributed by atoms with Gasteiger partial charge in [0.2, 0.25) is 0 Å². The molecule has 6 nitrogen and oxygen atoms in total. The van der Waals surface area contributed by atoms with Gasteiger partial charge in [-0.05, 0) is 117 Å². The van der Waals surface area contributed by atoms with Gasteiger partial charge in [-0.1, -0.05) is 68.8 Å². The highest BCUT2D eigenvalue weighted by Crippen LogP contribution is 2.65. The molecular formula is C37H54N2O4. The Labute approximate surface area is 259 Å². The fourth-order valence-electron chi connectivity index (χ4n) is 10.1. The normalized spacial score (nSPS) is 39.9. The maximum absolute atomic E-state index is 12.8. The number of ether oxygens (including phenoxy) is 1. The molecule has 1 amide bonds. The Balaban J connectivity index is 1.02. The smallest absolute Gasteiger partial charge is 0.260 e. The van der Waals surface area contributed by atoms with E-state index in [1.54, 1.807) is 0 Å². The van der Waals surface area contributed by atoms with E-state index in [9.17, 15) is 9.90 Å². The number of carbonyl (C=O) groups is 1. The number of oxime groups is 1. The third-order valence-corrected chi connectivity index (χ3v) is 12.9. The Hall–Kier alpha value is -2.18. The quantitative estimate of drug-likeness (QED) is 0.321. The molecule has 0 unspecified atom stereocenters. The molecule has 6 heteroatoms. The van der Waals surface area contributed by atoms with Crippen molar-refractivity contribution in [2.75, 3.05) is 19.8 Å². The highest BCUT2D eigenvalue weighted by molar-refractivity contribution is 5.96. The summed E-state index contributed by atoms with van der Waals surface area (Å²) in [5.41, 5.74) is 4.20. The van der Waals surface area contributed by atoms with Gasteiger partial charge in [-0.15, -0.1) is 0 Å². The number of aliphatic hydroxyl groups excluding tert-OH is 1. The summed E-state index contributed by atoms with van der Waals surface area (Å²) < 4.78 is 6.11. The molecule has 0 aromatic heterocycles. The van der Waals surface area contributed by atoms with Crippen LogP contribution in [-0.4, -0.2) is 48.7 Å². The van der Waals surface area contributed by atoms with Crippen LogP contribution in [-0.2, 0) is 19.8 Å². The summed E-state index contributed by atoms with van der Waals surface area (Å²) in [6.45, 7) is 10.6. The molecule has 43 heavy (non-hydrogen) atoms. The van der Waals surface area contributed by atoms with Gasteiger partial charge in [0, 0.05) is 18.6 Å². The van der Waals surface area contributed by atoms with Gasteiger partial charge in [0.15, 0.2) is 6.61 Å². The summed E-state index contributed by atoms with van der Waals surface area (Å²) in [5, 5.41) is 18.3. The third kappa shape index (κ3) is 5.83. The summed E-state index contributed by atoms with van der Waals surface area (Å²) in [6, 6.07) is 10.7. The van der Waals surface area contributed by atoms with Crippen molar-refractivity contribution in [3.63, 3.8) is 0 Å². The molecule has 8 atom stereocenters. The molecule has 0 spiro atoms. The van der Waals surface area contributed by atoms with E-state index in [2.05, 4.69) is 74.6 Å². The minimum absolute atomic E-state index is 0.0112. The van der Waals surface area contributed by atoms with Crippen molar-refractivity contribution in [3.8, 4) is 0 Å². The Morgan fingerprint density at radius 1 is 1.07 bits per heavy atom. The average Bonchev–Trinajstić information content (AvgIpc) is 3.31. The van der Waals surface area contributed by atoms with Crippen molar-refractivity contribution in [1.82, 2.24) is 5.32 Å².